The van der Waals surface area contributed by atoms with Gasteiger partial charge in [0.05, 0.1) is 0 Å². The van der Waals surface area contributed by atoms with E-state index in [4.69, 9.17) is 0 Å². The SMILES string of the molecule is CC(C)n1cc(Br)cc1C(=O)Nc1ccc(N(C)C)cc1. The summed E-state index contributed by atoms with van der Waals surface area (Å²) in [6.45, 7) is 4.10. The molecule has 0 aliphatic heterocycles. The van der Waals surface area contributed by atoms with Crippen molar-refractivity contribution in [1.29, 1.82) is 0 Å². The van der Waals surface area contributed by atoms with Crippen LogP contribution in [0.1, 0.15) is 30.4 Å². The molecule has 0 aliphatic carbocycles. The zero-order valence-corrected chi connectivity index (χ0v) is 14.3. The monoisotopic (exact) mass is 349 g/mol. The molecule has 1 heterocycles. The highest BCUT2D eigenvalue weighted by atomic mass is 79.9. The van der Waals surface area contributed by atoms with Crippen LogP contribution in [0.4, 0.5) is 11.4 Å². The van der Waals surface area contributed by atoms with Crippen molar-refractivity contribution in [1.82, 2.24) is 4.57 Å². The number of rotatable bonds is 4. The molecule has 21 heavy (non-hydrogen) atoms. The van der Waals surface area contributed by atoms with E-state index in [1.807, 2.05) is 60.1 Å². The lowest BCUT2D eigenvalue weighted by atomic mass is 10.2. The van der Waals surface area contributed by atoms with Gasteiger partial charge in [-0.2, -0.15) is 0 Å². The van der Waals surface area contributed by atoms with Gasteiger partial charge in [-0.3, -0.25) is 4.79 Å². The van der Waals surface area contributed by atoms with E-state index >= 15 is 0 Å². The molecule has 4 nitrogen and oxygen atoms in total. The molecule has 0 fully saturated rings. The van der Waals surface area contributed by atoms with Crippen LogP contribution in [-0.4, -0.2) is 24.6 Å². The van der Waals surface area contributed by atoms with Gasteiger partial charge in [-0.05, 0) is 60.1 Å². The molecule has 1 amide bonds. The molecule has 2 rings (SSSR count). The standard InChI is InChI=1S/C16H20BrN3O/c1-11(2)20-10-12(17)9-15(20)16(21)18-13-5-7-14(8-6-13)19(3)4/h5-11H,1-4H3,(H,18,21). The molecule has 0 atom stereocenters. The second kappa shape index (κ2) is 6.35. The molecule has 0 radical (unpaired) electrons. The number of nitrogens with one attached hydrogen (secondary N) is 1. The maximum absolute atomic E-state index is 12.4. The second-order valence-electron chi connectivity index (χ2n) is 5.44. The number of carbonyl (C=O) groups is 1. The number of aromatic nitrogens is 1. The van der Waals surface area contributed by atoms with Crippen molar-refractivity contribution in [3.63, 3.8) is 0 Å². The van der Waals surface area contributed by atoms with Gasteiger partial charge in [-0.15, -0.1) is 0 Å². The van der Waals surface area contributed by atoms with Crippen molar-refractivity contribution in [3.05, 3.63) is 46.7 Å². The summed E-state index contributed by atoms with van der Waals surface area (Å²) in [4.78, 5) is 14.4. The molecule has 1 aromatic carbocycles. The van der Waals surface area contributed by atoms with Gasteiger partial charge >= 0.3 is 0 Å². The van der Waals surface area contributed by atoms with Gasteiger partial charge in [0, 0.05) is 42.2 Å². The summed E-state index contributed by atoms with van der Waals surface area (Å²) in [6.07, 6.45) is 1.93. The summed E-state index contributed by atoms with van der Waals surface area (Å²) in [7, 11) is 3.97. The Balaban J connectivity index is 2.18. The number of halogens is 1. The number of nitrogens with zero attached hydrogens (tertiary/aromatic N) is 2. The van der Waals surface area contributed by atoms with Crippen LogP contribution in [0, 0.1) is 0 Å². The minimum absolute atomic E-state index is 0.105. The predicted octanol–water partition coefficient (Wildman–Crippen LogP) is 4.15. The van der Waals surface area contributed by atoms with Crippen LogP contribution in [0.2, 0.25) is 0 Å². The molecule has 0 saturated carbocycles. The van der Waals surface area contributed by atoms with E-state index < -0.39 is 0 Å². The Morgan fingerprint density at radius 3 is 2.38 bits per heavy atom. The van der Waals surface area contributed by atoms with Gasteiger partial charge in [-0.1, -0.05) is 0 Å². The molecule has 0 aliphatic rings. The van der Waals surface area contributed by atoms with Gasteiger partial charge < -0.3 is 14.8 Å². The Morgan fingerprint density at radius 2 is 1.86 bits per heavy atom. The Bertz CT molecular complexity index is 629. The van der Waals surface area contributed by atoms with E-state index in [0.717, 1.165) is 15.8 Å². The molecule has 0 saturated heterocycles. The number of anilines is 2. The zero-order chi connectivity index (χ0) is 15.6. The third-order valence-corrected chi connectivity index (χ3v) is 3.68. The Labute approximate surface area is 133 Å². The van der Waals surface area contributed by atoms with Crippen molar-refractivity contribution < 1.29 is 4.79 Å². The summed E-state index contributed by atoms with van der Waals surface area (Å²) in [5.74, 6) is -0.105. The fourth-order valence-electron chi connectivity index (χ4n) is 2.09. The van der Waals surface area contributed by atoms with Crippen LogP contribution >= 0.6 is 15.9 Å². The average Bonchev–Trinajstić information content (AvgIpc) is 2.82. The van der Waals surface area contributed by atoms with Crippen molar-refractivity contribution in [2.24, 2.45) is 0 Å². The van der Waals surface area contributed by atoms with E-state index in [2.05, 4.69) is 35.1 Å². The number of hydrogen-bond donors (Lipinski definition) is 1. The van der Waals surface area contributed by atoms with Gasteiger partial charge in [0.1, 0.15) is 5.69 Å². The van der Waals surface area contributed by atoms with Gasteiger partial charge in [0.15, 0.2) is 0 Å². The third-order valence-electron chi connectivity index (χ3n) is 3.25. The summed E-state index contributed by atoms with van der Waals surface area (Å²) in [5, 5.41) is 2.93. The molecule has 0 spiro atoms. The lowest BCUT2D eigenvalue weighted by molar-refractivity contribution is 0.101. The van der Waals surface area contributed by atoms with Crippen molar-refractivity contribution in [3.8, 4) is 0 Å². The normalized spacial score (nSPS) is 10.8. The topological polar surface area (TPSA) is 37.3 Å². The quantitative estimate of drug-likeness (QED) is 0.900. The van der Waals surface area contributed by atoms with Crippen molar-refractivity contribution in [2.45, 2.75) is 19.9 Å². The summed E-state index contributed by atoms with van der Waals surface area (Å²) >= 11 is 3.42. The van der Waals surface area contributed by atoms with Gasteiger partial charge in [0.25, 0.3) is 5.91 Å². The first kappa shape index (κ1) is 15.6. The largest absolute Gasteiger partial charge is 0.378 e. The summed E-state index contributed by atoms with van der Waals surface area (Å²) in [6, 6.07) is 9.84. The highest BCUT2D eigenvalue weighted by molar-refractivity contribution is 9.10. The van der Waals surface area contributed by atoms with E-state index in [1.165, 1.54) is 0 Å². The minimum Gasteiger partial charge on any atom is -0.378 e. The Kier molecular flexibility index (Phi) is 4.73. The maximum Gasteiger partial charge on any atom is 0.272 e. The molecule has 0 unspecified atom stereocenters. The van der Waals surface area contributed by atoms with Crippen molar-refractivity contribution in [2.75, 3.05) is 24.3 Å². The Morgan fingerprint density at radius 1 is 1.24 bits per heavy atom. The second-order valence-corrected chi connectivity index (χ2v) is 6.36. The van der Waals surface area contributed by atoms with E-state index in [-0.39, 0.29) is 11.9 Å². The molecule has 112 valence electrons. The predicted molar refractivity (Wildman–Crippen MR) is 91.2 cm³/mol. The van der Waals surface area contributed by atoms with Crippen molar-refractivity contribution >= 4 is 33.2 Å². The Hall–Kier alpha value is -1.75. The molecular formula is C16H20BrN3O. The molecule has 2 aromatic rings. The maximum atomic E-state index is 12.4. The van der Waals surface area contributed by atoms with E-state index in [0.29, 0.717) is 5.69 Å². The molecule has 1 aromatic heterocycles. The third kappa shape index (κ3) is 3.67. The molecule has 5 heteroatoms. The van der Waals surface area contributed by atoms with Crippen LogP contribution in [0.5, 0.6) is 0 Å². The lowest BCUT2D eigenvalue weighted by Gasteiger charge is -2.14. The fourth-order valence-corrected chi connectivity index (χ4v) is 2.53. The minimum atomic E-state index is -0.105. The first-order valence-electron chi connectivity index (χ1n) is 6.84. The molecular weight excluding hydrogens is 330 g/mol. The molecule has 0 bridgehead atoms. The fraction of sp³-hybridized carbons (Fsp3) is 0.312. The number of amides is 1. The van der Waals surface area contributed by atoms with Crippen LogP contribution in [0.25, 0.3) is 0 Å². The van der Waals surface area contributed by atoms with Crippen LogP contribution in [-0.2, 0) is 0 Å². The highest BCUT2D eigenvalue weighted by Gasteiger charge is 2.15. The first-order valence-corrected chi connectivity index (χ1v) is 7.64. The number of benzene rings is 1. The number of hydrogen-bond acceptors (Lipinski definition) is 2. The van der Waals surface area contributed by atoms with Gasteiger partial charge in [0.2, 0.25) is 0 Å². The van der Waals surface area contributed by atoms with Crippen LogP contribution < -0.4 is 10.2 Å². The highest BCUT2D eigenvalue weighted by Crippen LogP contribution is 2.21. The summed E-state index contributed by atoms with van der Waals surface area (Å²) < 4.78 is 2.86. The van der Waals surface area contributed by atoms with Gasteiger partial charge in [-0.25, -0.2) is 0 Å². The average molecular weight is 350 g/mol. The smallest absolute Gasteiger partial charge is 0.272 e. The van der Waals surface area contributed by atoms with Crippen LogP contribution in [0.3, 0.4) is 0 Å². The lowest BCUT2D eigenvalue weighted by Crippen LogP contribution is -2.17. The molecule has 1 N–H and O–H groups in total. The van der Waals surface area contributed by atoms with Crippen LogP contribution in [0.15, 0.2) is 41.0 Å². The summed E-state index contributed by atoms with van der Waals surface area (Å²) in [5.41, 5.74) is 2.54. The first-order chi connectivity index (χ1) is 9.88. The van der Waals surface area contributed by atoms with E-state index in [1.54, 1.807) is 0 Å². The zero-order valence-electron chi connectivity index (χ0n) is 12.7. The number of carbonyl (C=O) groups excluding carboxylic acids is 1. The van der Waals surface area contributed by atoms with E-state index in [9.17, 15) is 4.79 Å².